The van der Waals surface area contributed by atoms with Crippen LogP contribution in [0.2, 0.25) is 0 Å². The van der Waals surface area contributed by atoms with Crippen LogP contribution in [0.5, 0.6) is 0 Å². The van der Waals surface area contributed by atoms with Crippen LogP contribution in [0.15, 0.2) is 0 Å². The molecule has 0 aromatic carbocycles. The summed E-state index contributed by atoms with van der Waals surface area (Å²) in [6, 6.07) is 0. The zero-order chi connectivity index (χ0) is 13.7. The Bertz CT molecular complexity index is 350. The summed E-state index contributed by atoms with van der Waals surface area (Å²) < 4.78 is 23.6. The molecule has 0 radical (unpaired) electrons. The van der Waals surface area contributed by atoms with E-state index in [9.17, 15) is 13.2 Å². The number of rotatable bonds is 7. The van der Waals surface area contributed by atoms with Crippen molar-refractivity contribution in [2.45, 2.75) is 51.3 Å². The van der Waals surface area contributed by atoms with Gasteiger partial charge in [-0.2, -0.15) is 0 Å². The second-order valence-corrected chi connectivity index (χ2v) is 7.40. The number of amides is 1. The summed E-state index contributed by atoms with van der Waals surface area (Å²) in [5, 5.41) is 2.14. The predicted octanol–water partition coefficient (Wildman–Crippen LogP) is 0.443. The van der Waals surface area contributed by atoms with Crippen molar-refractivity contribution in [1.82, 2.24) is 5.32 Å². The van der Waals surface area contributed by atoms with E-state index >= 15 is 0 Å². The summed E-state index contributed by atoms with van der Waals surface area (Å²) in [5.74, 6) is -0.904. The molecule has 1 atom stereocenters. The number of hydrogen-bond donors (Lipinski definition) is 2. The quantitative estimate of drug-likeness (QED) is 0.698. The highest BCUT2D eigenvalue weighted by Gasteiger charge is 2.26. The van der Waals surface area contributed by atoms with Crippen molar-refractivity contribution < 1.29 is 13.2 Å². The van der Waals surface area contributed by atoms with Gasteiger partial charge in [0.25, 0.3) is 0 Å². The van der Waals surface area contributed by atoms with Crippen LogP contribution in [-0.2, 0) is 14.6 Å². The summed E-state index contributed by atoms with van der Waals surface area (Å²) in [6.45, 7) is 7.55. The first-order valence-corrected chi connectivity index (χ1v) is 7.59. The van der Waals surface area contributed by atoms with E-state index in [2.05, 4.69) is 5.32 Å². The van der Waals surface area contributed by atoms with Crippen LogP contribution in [0.1, 0.15) is 40.5 Å². The third-order valence-electron chi connectivity index (χ3n) is 2.88. The van der Waals surface area contributed by atoms with Gasteiger partial charge in [0.2, 0.25) is 5.91 Å². The van der Waals surface area contributed by atoms with E-state index in [4.69, 9.17) is 5.73 Å². The van der Waals surface area contributed by atoms with Gasteiger partial charge in [-0.3, -0.25) is 4.79 Å². The van der Waals surface area contributed by atoms with Crippen LogP contribution in [0.4, 0.5) is 0 Å². The van der Waals surface area contributed by atoms with Crippen molar-refractivity contribution in [3.63, 3.8) is 0 Å². The van der Waals surface area contributed by atoms with E-state index in [0.717, 1.165) is 6.42 Å². The Morgan fingerprint density at radius 2 is 1.94 bits per heavy atom. The first kappa shape index (κ1) is 16.4. The molecule has 102 valence electrons. The normalized spacial score (nSPS) is 14.4. The lowest BCUT2D eigenvalue weighted by molar-refractivity contribution is -0.120. The van der Waals surface area contributed by atoms with Crippen molar-refractivity contribution in [1.29, 1.82) is 0 Å². The zero-order valence-corrected chi connectivity index (χ0v) is 11.9. The summed E-state index contributed by atoms with van der Waals surface area (Å²) >= 11 is 0. The molecular formula is C11H24N2O3S. The first-order chi connectivity index (χ1) is 7.64. The lowest BCUT2D eigenvalue weighted by Gasteiger charge is -2.24. The van der Waals surface area contributed by atoms with E-state index in [1.54, 1.807) is 6.92 Å². The minimum Gasteiger partial charge on any atom is -0.350 e. The molecule has 5 nitrogen and oxygen atoms in total. The van der Waals surface area contributed by atoms with E-state index in [-0.39, 0.29) is 5.54 Å². The van der Waals surface area contributed by atoms with Gasteiger partial charge in [0.1, 0.15) is 5.75 Å². The minimum atomic E-state index is -3.39. The van der Waals surface area contributed by atoms with Crippen molar-refractivity contribution in [3.8, 4) is 0 Å². The smallest absolute Gasteiger partial charge is 0.235 e. The SMILES string of the molecule is CCC(C)(C)NC(=O)CS(=O)(=O)C(C)CCN. The monoisotopic (exact) mass is 264 g/mol. The van der Waals surface area contributed by atoms with Crippen LogP contribution < -0.4 is 11.1 Å². The Labute approximate surface area is 104 Å². The van der Waals surface area contributed by atoms with Crippen molar-refractivity contribution in [3.05, 3.63) is 0 Å². The van der Waals surface area contributed by atoms with Crippen LogP contribution in [0.3, 0.4) is 0 Å². The molecule has 6 heteroatoms. The molecule has 0 aromatic rings. The Morgan fingerprint density at radius 1 is 1.41 bits per heavy atom. The lowest BCUT2D eigenvalue weighted by Crippen LogP contribution is -2.46. The standard InChI is InChI=1S/C11H24N2O3S/c1-5-11(3,4)13-10(14)8-17(15,16)9(2)6-7-12/h9H,5-8,12H2,1-4H3,(H,13,14). The van der Waals surface area contributed by atoms with Gasteiger partial charge in [0.05, 0.1) is 5.25 Å². The van der Waals surface area contributed by atoms with Gasteiger partial charge in [0, 0.05) is 5.54 Å². The zero-order valence-electron chi connectivity index (χ0n) is 11.1. The average molecular weight is 264 g/mol. The van der Waals surface area contributed by atoms with E-state index in [1.165, 1.54) is 0 Å². The number of nitrogens with two attached hydrogens (primary N) is 1. The molecule has 0 heterocycles. The van der Waals surface area contributed by atoms with Gasteiger partial charge in [-0.1, -0.05) is 6.92 Å². The third-order valence-corrected chi connectivity index (χ3v) is 5.01. The summed E-state index contributed by atoms with van der Waals surface area (Å²) in [5.41, 5.74) is 4.94. The van der Waals surface area contributed by atoms with Gasteiger partial charge >= 0.3 is 0 Å². The maximum atomic E-state index is 11.8. The van der Waals surface area contributed by atoms with Crippen LogP contribution in [0.25, 0.3) is 0 Å². The Balaban J connectivity index is 4.48. The molecule has 0 saturated carbocycles. The largest absolute Gasteiger partial charge is 0.350 e. The Morgan fingerprint density at radius 3 is 2.35 bits per heavy atom. The highest BCUT2D eigenvalue weighted by Crippen LogP contribution is 2.09. The maximum absolute atomic E-state index is 11.8. The molecule has 1 unspecified atom stereocenters. The molecule has 0 saturated heterocycles. The molecule has 0 bridgehead atoms. The average Bonchev–Trinajstić information content (AvgIpc) is 2.16. The van der Waals surface area contributed by atoms with Crippen molar-refractivity contribution >= 4 is 15.7 Å². The summed E-state index contributed by atoms with van der Waals surface area (Å²) in [4.78, 5) is 11.6. The summed E-state index contributed by atoms with van der Waals surface area (Å²) in [7, 11) is -3.39. The molecule has 0 fully saturated rings. The number of nitrogens with one attached hydrogen (secondary N) is 1. The molecule has 0 rings (SSSR count). The van der Waals surface area contributed by atoms with Crippen LogP contribution in [-0.4, -0.2) is 37.4 Å². The molecular weight excluding hydrogens is 240 g/mol. The summed E-state index contributed by atoms with van der Waals surface area (Å²) in [6.07, 6.45) is 1.13. The molecule has 0 spiro atoms. The molecule has 0 aromatic heterocycles. The van der Waals surface area contributed by atoms with Crippen molar-refractivity contribution in [2.24, 2.45) is 5.73 Å². The van der Waals surface area contributed by atoms with Gasteiger partial charge in [-0.05, 0) is 40.2 Å². The highest BCUT2D eigenvalue weighted by molar-refractivity contribution is 7.92. The second kappa shape index (κ2) is 6.35. The van der Waals surface area contributed by atoms with E-state index in [1.807, 2.05) is 20.8 Å². The van der Waals surface area contributed by atoms with Gasteiger partial charge in [-0.25, -0.2) is 8.42 Å². The fraction of sp³-hybridized carbons (Fsp3) is 0.909. The molecule has 17 heavy (non-hydrogen) atoms. The number of hydrogen-bond acceptors (Lipinski definition) is 4. The van der Waals surface area contributed by atoms with Crippen molar-refractivity contribution in [2.75, 3.05) is 12.3 Å². The second-order valence-electron chi connectivity index (χ2n) is 4.98. The molecule has 1 amide bonds. The van der Waals surface area contributed by atoms with Gasteiger partial charge in [-0.15, -0.1) is 0 Å². The lowest BCUT2D eigenvalue weighted by atomic mass is 10.0. The number of sulfone groups is 1. The molecule has 0 aliphatic heterocycles. The first-order valence-electron chi connectivity index (χ1n) is 5.87. The van der Waals surface area contributed by atoms with Crippen LogP contribution in [0, 0.1) is 0 Å². The Kier molecular flexibility index (Phi) is 6.12. The fourth-order valence-electron chi connectivity index (χ4n) is 1.24. The fourth-order valence-corrected chi connectivity index (χ4v) is 2.46. The highest BCUT2D eigenvalue weighted by atomic mass is 32.2. The molecule has 0 aliphatic carbocycles. The number of carbonyl (C=O) groups excluding carboxylic acids is 1. The Hall–Kier alpha value is -0.620. The van der Waals surface area contributed by atoms with E-state index < -0.39 is 26.7 Å². The number of carbonyl (C=O) groups is 1. The van der Waals surface area contributed by atoms with Gasteiger partial charge < -0.3 is 11.1 Å². The minimum absolute atomic E-state index is 0.308. The van der Waals surface area contributed by atoms with Gasteiger partial charge in [0.15, 0.2) is 9.84 Å². The topological polar surface area (TPSA) is 89.3 Å². The molecule has 0 aliphatic rings. The van der Waals surface area contributed by atoms with Crippen LogP contribution >= 0.6 is 0 Å². The third kappa shape index (κ3) is 6.02. The van der Waals surface area contributed by atoms with E-state index in [0.29, 0.717) is 13.0 Å². The molecule has 3 N–H and O–H groups in total. The predicted molar refractivity (Wildman–Crippen MR) is 69.4 cm³/mol. The maximum Gasteiger partial charge on any atom is 0.235 e.